The van der Waals surface area contributed by atoms with E-state index in [2.05, 4.69) is 23.9 Å². The predicted octanol–water partition coefficient (Wildman–Crippen LogP) is 2.37. The molecule has 1 N–H and O–H groups in total. The van der Waals surface area contributed by atoms with E-state index in [4.69, 9.17) is 0 Å². The Morgan fingerprint density at radius 2 is 2.06 bits per heavy atom. The van der Waals surface area contributed by atoms with Gasteiger partial charge in [0.2, 0.25) is 0 Å². The maximum Gasteiger partial charge on any atom is 0.0931 e. The van der Waals surface area contributed by atoms with Crippen molar-refractivity contribution < 1.29 is 5.11 Å². The van der Waals surface area contributed by atoms with Gasteiger partial charge in [-0.1, -0.05) is 0 Å². The highest BCUT2D eigenvalue weighted by atomic mass is 16.3. The summed E-state index contributed by atoms with van der Waals surface area (Å²) >= 11 is 0. The number of aliphatic hydroxyl groups is 1. The molecular formula is C13H20N2O. The zero-order valence-corrected chi connectivity index (χ0v) is 10.2. The van der Waals surface area contributed by atoms with Gasteiger partial charge in [0.05, 0.1) is 23.7 Å². The number of rotatable bonds is 4. The highest BCUT2D eigenvalue weighted by Gasteiger charge is 2.30. The lowest BCUT2D eigenvalue weighted by Gasteiger charge is -2.26. The molecule has 1 aliphatic carbocycles. The number of aromatic nitrogens is 1. The smallest absolute Gasteiger partial charge is 0.0931 e. The second-order valence-electron chi connectivity index (χ2n) is 4.81. The first-order valence-corrected chi connectivity index (χ1v) is 5.96. The van der Waals surface area contributed by atoms with Gasteiger partial charge in [-0.15, -0.1) is 0 Å². The van der Waals surface area contributed by atoms with Crippen LogP contribution in [0.5, 0.6) is 0 Å². The van der Waals surface area contributed by atoms with Gasteiger partial charge in [-0.2, -0.15) is 0 Å². The fraction of sp³-hybridized carbons (Fsp3) is 0.615. The Hall–Kier alpha value is -1.09. The Bertz CT molecular complexity index is 343. The third-order valence-corrected chi connectivity index (χ3v) is 3.52. The Kier molecular flexibility index (Phi) is 3.15. The van der Waals surface area contributed by atoms with Crippen LogP contribution in [0.15, 0.2) is 18.3 Å². The standard InChI is InChI=1S/C13H20N2O/c1-9(11-4-5-11)15(3)12-6-7-13(10(2)16)14-8-12/h6-11,16H,4-5H2,1-3H3/t9?,10-/m0/s1. The van der Waals surface area contributed by atoms with Crippen molar-refractivity contribution in [3.05, 3.63) is 24.0 Å². The maximum atomic E-state index is 9.38. The van der Waals surface area contributed by atoms with Crippen molar-refractivity contribution >= 4 is 5.69 Å². The molecular weight excluding hydrogens is 200 g/mol. The van der Waals surface area contributed by atoms with Crippen LogP contribution >= 0.6 is 0 Å². The molecule has 3 heteroatoms. The predicted molar refractivity (Wildman–Crippen MR) is 65.5 cm³/mol. The summed E-state index contributed by atoms with van der Waals surface area (Å²) in [5.74, 6) is 0.849. The molecule has 2 rings (SSSR count). The van der Waals surface area contributed by atoms with E-state index in [1.165, 1.54) is 12.8 Å². The van der Waals surface area contributed by atoms with E-state index in [1.54, 1.807) is 6.92 Å². The van der Waals surface area contributed by atoms with E-state index >= 15 is 0 Å². The summed E-state index contributed by atoms with van der Waals surface area (Å²) in [6.45, 7) is 4.00. The molecule has 1 heterocycles. The highest BCUT2D eigenvalue weighted by molar-refractivity contribution is 5.45. The lowest BCUT2D eigenvalue weighted by Crippen LogP contribution is -2.30. The summed E-state index contributed by atoms with van der Waals surface area (Å²) in [5, 5.41) is 9.38. The van der Waals surface area contributed by atoms with Gasteiger partial charge in [-0.3, -0.25) is 4.98 Å². The van der Waals surface area contributed by atoms with Crippen molar-refractivity contribution in [3.8, 4) is 0 Å². The zero-order chi connectivity index (χ0) is 11.7. The van der Waals surface area contributed by atoms with Gasteiger partial charge in [0, 0.05) is 13.1 Å². The van der Waals surface area contributed by atoms with E-state index in [9.17, 15) is 5.11 Å². The molecule has 1 aliphatic rings. The van der Waals surface area contributed by atoms with Crippen LogP contribution in [0.25, 0.3) is 0 Å². The second kappa shape index (κ2) is 4.42. The third-order valence-electron chi connectivity index (χ3n) is 3.52. The number of anilines is 1. The Balaban J connectivity index is 2.08. The van der Waals surface area contributed by atoms with Crippen LogP contribution in [0.1, 0.15) is 38.5 Å². The Morgan fingerprint density at radius 1 is 1.38 bits per heavy atom. The van der Waals surface area contributed by atoms with Gasteiger partial charge in [-0.05, 0) is 44.7 Å². The molecule has 0 spiro atoms. The van der Waals surface area contributed by atoms with Crippen molar-refractivity contribution in [1.29, 1.82) is 0 Å². The second-order valence-corrected chi connectivity index (χ2v) is 4.81. The molecule has 2 atom stereocenters. The van der Waals surface area contributed by atoms with Crippen LogP contribution in [-0.2, 0) is 0 Å². The number of pyridine rings is 1. The third kappa shape index (κ3) is 2.35. The average Bonchev–Trinajstić information content (AvgIpc) is 3.11. The van der Waals surface area contributed by atoms with Gasteiger partial charge >= 0.3 is 0 Å². The molecule has 16 heavy (non-hydrogen) atoms. The largest absolute Gasteiger partial charge is 0.387 e. The molecule has 1 aromatic rings. The van der Waals surface area contributed by atoms with Gasteiger partial charge in [-0.25, -0.2) is 0 Å². The van der Waals surface area contributed by atoms with Crippen molar-refractivity contribution in [1.82, 2.24) is 4.98 Å². The molecule has 88 valence electrons. The van der Waals surface area contributed by atoms with Crippen molar-refractivity contribution in [2.45, 2.75) is 38.8 Å². The molecule has 0 aliphatic heterocycles. The van der Waals surface area contributed by atoms with Gasteiger partial charge in [0.15, 0.2) is 0 Å². The van der Waals surface area contributed by atoms with E-state index < -0.39 is 6.10 Å². The molecule has 0 bridgehead atoms. The summed E-state index contributed by atoms with van der Waals surface area (Å²) < 4.78 is 0. The van der Waals surface area contributed by atoms with Gasteiger partial charge in [0.25, 0.3) is 0 Å². The first kappa shape index (κ1) is 11.4. The summed E-state index contributed by atoms with van der Waals surface area (Å²) in [6, 6.07) is 4.52. The minimum absolute atomic E-state index is 0.486. The monoisotopic (exact) mass is 220 g/mol. The molecule has 0 radical (unpaired) electrons. The topological polar surface area (TPSA) is 36.4 Å². The van der Waals surface area contributed by atoms with E-state index in [0.717, 1.165) is 17.3 Å². The number of hydrogen-bond acceptors (Lipinski definition) is 3. The fourth-order valence-electron chi connectivity index (χ4n) is 1.98. The van der Waals surface area contributed by atoms with Crippen LogP contribution in [0.4, 0.5) is 5.69 Å². The molecule has 0 aromatic carbocycles. The molecule has 1 aromatic heterocycles. The fourth-order valence-corrected chi connectivity index (χ4v) is 1.98. The minimum Gasteiger partial charge on any atom is -0.387 e. The molecule has 1 unspecified atom stereocenters. The first-order valence-electron chi connectivity index (χ1n) is 5.96. The normalized spacial score (nSPS) is 19.2. The van der Waals surface area contributed by atoms with Gasteiger partial charge in [0.1, 0.15) is 0 Å². The lowest BCUT2D eigenvalue weighted by molar-refractivity contribution is 0.194. The number of aliphatic hydroxyl groups excluding tert-OH is 1. The van der Waals surface area contributed by atoms with Crippen molar-refractivity contribution in [2.75, 3.05) is 11.9 Å². The van der Waals surface area contributed by atoms with Crippen molar-refractivity contribution in [3.63, 3.8) is 0 Å². The van der Waals surface area contributed by atoms with Crippen LogP contribution in [0, 0.1) is 5.92 Å². The summed E-state index contributed by atoms with van der Waals surface area (Å²) in [7, 11) is 2.11. The first-order chi connectivity index (χ1) is 7.59. The highest BCUT2D eigenvalue weighted by Crippen LogP contribution is 2.36. The molecule has 1 saturated carbocycles. The Morgan fingerprint density at radius 3 is 2.50 bits per heavy atom. The molecule has 1 fully saturated rings. The van der Waals surface area contributed by atoms with E-state index in [1.807, 2.05) is 18.3 Å². The van der Waals surface area contributed by atoms with E-state index in [-0.39, 0.29) is 0 Å². The Labute approximate surface area is 97.1 Å². The van der Waals surface area contributed by atoms with Crippen LogP contribution < -0.4 is 4.90 Å². The number of nitrogens with zero attached hydrogens (tertiary/aromatic N) is 2. The van der Waals surface area contributed by atoms with Crippen LogP contribution in [0.2, 0.25) is 0 Å². The lowest BCUT2D eigenvalue weighted by atomic mass is 10.1. The van der Waals surface area contributed by atoms with Crippen LogP contribution in [-0.4, -0.2) is 23.2 Å². The molecule has 0 amide bonds. The average molecular weight is 220 g/mol. The van der Waals surface area contributed by atoms with Crippen LogP contribution in [0.3, 0.4) is 0 Å². The van der Waals surface area contributed by atoms with Crippen molar-refractivity contribution in [2.24, 2.45) is 5.92 Å². The van der Waals surface area contributed by atoms with Gasteiger partial charge < -0.3 is 10.0 Å². The summed E-state index contributed by atoms with van der Waals surface area (Å²) in [4.78, 5) is 6.54. The molecule has 0 saturated heterocycles. The SMILES string of the molecule is CC(C1CC1)N(C)c1ccc([C@H](C)O)nc1. The minimum atomic E-state index is -0.486. The summed E-state index contributed by atoms with van der Waals surface area (Å²) in [6.07, 6.45) is 4.07. The maximum absolute atomic E-state index is 9.38. The molecule has 3 nitrogen and oxygen atoms in total. The van der Waals surface area contributed by atoms with E-state index in [0.29, 0.717) is 6.04 Å². The summed E-state index contributed by atoms with van der Waals surface area (Å²) in [5.41, 5.74) is 1.86. The zero-order valence-electron chi connectivity index (χ0n) is 10.2. The number of hydrogen-bond donors (Lipinski definition) is 1. The quantitative estimate of drug-likeness (QED) is 0.846.